The standard InChI is InChI=1S/C3H7NO2.Ca.ClH.2H/c1-2(4)3(5)6;;;;/h2H,4H2,1H3,(H,5,6);;1H;;/q;+2;;2*-1. The van der Waals surface area contributed by atoms with Crippen LogP contribution in [0.2, 0.25) is 0 Å². The molecule has 0 rings (SSSR count). The number of carboxylic acids is 1. The summed E-state index contributed by atoms with van der Waals surface area (Å²) in [5, 5.41) is 7.87. The largest absolute Gasteiger partial charge is 2.00 e. The van der Waals surface area contributed by atoms with Crippen molar-refractivity contribution in [2.24, 2.45) is 5.73 Å². The van der Waals surface area contributed by atoms with Gasteiger partial charge in [0.2, 0.25) is 0 Å². The van der Waals surface area contributed by atoms with Crippen LogP contribution in [-0.4, -0.2) is 54.9 Å². The zero-order valence-corrected chi connectivity index (χ0v) is 7.65. The topological polar surface area (TPSA) is 63.3 Å². The fourth-order valence-corrected chi connectivity index (χ4v) is 0. The zero-order chi connectivity index (χ0) is 5.15. The Bertz CT molecular complexity index is 75.5. The summed E-state index contributed by atoms with van der Waals surface area (Å²) >= 11 is 0. The fraction of sp³-hybridized carbons (Fsp3) is 0.667. The molecule has 0 aliphatic rings. The average Bonchev–Trinajstić information content (AvgIpc) is 1.36. The first kappa shape index (κ1) is 16.0. The van der Waals surface area contributed by atoms with E-state index in [1.54, 1.807) is 0 Å². The third-order valence-corrected chi connectivity index (χ3v) is 0.390. The molecule has 1 unspecified atom stereocenters. The third kappa shape index (κ3) is 10.1. The summed E-state index contributed by atoms with van der Waals surface area (Å²) in [5.41, 5.74) is 4.84. The zero-order valence-electron chi connectivity index (χ0n) is 6.63. The molecular formula is C3H10CaClNO2. The van der Waals surface area contributed by atoms with Crippen LogP contribution >= 0.6 is 12.4 Å². The van der Waals surface area contributed by atoms with Crippen molar-refractivity contribution in [1.29, 1.82) is 0 Å². The Morgan fingerprint density at radius 3 is 2.00 bits per heavy atom. The van der Waals surface area contributed by atoms with Crippen LogP contribution in [0.5, 0.6) is 0 Å². The normalized spacial score (nSPS) is 10.2. The van der Waals surface area contributed by atoms with E-state index in [4.69, 9.17) is 10.8 Å². The minimum absolute atomic E-state index is 0. The summed E-state index contributed by atoms with van der Waals surface area (Å²) in [7, 11) is 0. The molecule has 0 aromatic heterocycles. The Morgan fingerprint density at radius 2 is 2.00 bits per heavy atom. The van der Waals surface area contributed by atoms with Gasteiger partial charge < -0.3 is 13.7 Å². The van der Waals surface area contributed by atoms with Gasteiger partial charge in [-0.1, -0.05) is 0 Å². The molecule has 8 heavy (non-hydrogen) atoms. The smallest absolute Gasteiger partial charge is 1.00 e. The molecule has 0 bridgehead atoms. The van der Waals surface area contributed by atoms with E-state index in [2.05, 4.69) is 0 Å². The molecule has 0 radical (unpaired) electrons. The van der Waals surface area contributed by atoms with Gasteiger partial charge in [-0.3, -0.25) is 4.79 Å². The molecule has 1 atom stereocenters. The number of aliphatic carboxylic acids is 1. The summed E-state index contributed by atoms with van der Waals surface area (Å²) in [6.07, 6.45) is 0. The van der Waals surface area contributed by atoms with Crippen LogP contribution < -0.4 is 5.73 Å². The van der Waals surface area contributed by atoms with Gasteiger partial charge in [0.1, 0.15) is 6.04 Å². The Hall–Kier alpha value is 0.980. The number of hydrogen-bond acceptors (Lipinski definition) is 2. The van der Waals surface area contributed by atoms with Gasteiger partial charge in [-0.15, -0.1) is 12.4 Å². The molecule has 3 nitrogen and oxygen atoms in total. The quantitative estimate of drug-likeness (QED) is 0.527. The molecule has 0 aromatic rings. The van der Waals surface area contributed by atoms with E-state index in [0.29, 0.717) is 0 Å². The number of nitrogens with two attached hydrogens (primary N) is 1. The monoisotopic (exact) mass is 167 g/mol. The molecule has 0 aromatic carbocycles. The second-order valence-electron chi connectivity index (χ2n) is 1.13. The third-order valence-electron chi connectivity index (χ3n) is 0.390. The molecular weight excluding hydrogens is 158 g/mol. The second kappa shape index (κ2) is 7.98. The predicted octanol–water partition coefficient (Wildman–Crippen LogP) is -0.316. The molecule has 0 aliphatic carbocycles. The summed E-state index contributed by atoms with van der Waals surface area (Å²) in [4.78, 5) is 9.57. The SMILES string of the molecule is CC(N)C(=O)O.Cl.[Ca+2].[H-].[H-]. The first-order valence-electron chi connectivity index (χ1n) is 1.63. The number of carbonyl (C=O) groups is 1. The molecule has 3 N–H and O–H groups in total. The van der Waals surface area contributed by atoms with Crippen molar-refractivity contribution >= 4 is 56.1 Å². The maximum atomic E-state index is 9.57. The predicted molar refractivity (Wildman–Crippen MR) is 36.5 cm³/mol. The van der Waals surface area contributed by atoms with Crippen molar-refractivity contribution in [3.8, 4) is 0 Å². The average molecular weight is 168 g/mol. The Kier molecular flexibility index (Phi) is 16.0. The first-order chi connectivity index (χ1) is 2.64. The van der Waals surface area contributed by atoms with Gasteiger partial charge in [0.05, 0.1) is 0 Å². The van der Waals surface area contributed by atoms with Crippen molar-refractivity contribution in [1.82, 2.24) is 0 Å². The van der Waals surface area contributed by atoms with Crippen LogP contribution in [0, 0.1) is 0 Å². The minimum atomic E-state index is -0.963. The number of hydrogen-bond donors (Lipinski definition) is 2. The van der Waals surface area contributed by atoms with Gasteiger partial charge in [0.25, 0.3) is 0 Å². The molecule has 0 fully saturated rings. The van der Waals surface area contributed by atoms with Crippen LogP contribution in [0.15, 0.2) is 0 Å². The van der Waals surface area contributed by atoms with Gasteiger partial charge in [0.15, 0.2) is 0 Å². The first-order valence-corrected chi connectivity index (χ1v) is 1.63. The van der Waals surface area contributed by atoms with Crippen LogP contribution in [-0.2, 0) is 4.79 Å². The molecule has 0 heterocycles. The van der Waals surface area contributed by atoms with E-state index < -0.39 is 12.0 Å². The van der Waals surface area contributed by atoms with Gasteiger partial charge in [-0.2, -0.15) is 0 Å². The van der Waals surface area contributed by atoms with Crippen LogP contribution in [0.25, 0.3) is 0 Å². The number of carboxylic acid groups (broad SMARTS) is 1. The van der Waals surface area contributed by atoms with Crippen molar-refractivity contribution in [2.45, 2.75) is 13.0 Å². The molecule has 0 saturated carbocycles. The summed E-state index contributed by atoms with van der Waals surface area (Å²) < 4.78 is 0. The van der Waals surface area contributed by atoms with Crippen molar-refractivity contribution in [3.05, 3.63) is 0 Å². The molecule has 48 valence electrons. The van der Waals surface area contributed by atoms with Crippen molar-refractivity contribution < 1.29 is 12.8 Å². The second-order valence-corrected chi connectivity index (χ2v) is 1.13. The molecule has 0 aliphatic heterocycles. The van der Waals surface area contributed by atoms with E-state index in [-0.39, 0.29) is 53.0 Å². The molecule has 0 saturated heterocycles. The van der Waals surface area contributed by atoms with E-state index in [1.807, 2.05) is 0 Å². The number of rotatable bonds is 1. The number of halogens is 1. The van der Waals surface area contributed by atoms with Crippen LogP contribution in [0.4, 0.5) is 0 Å². The Morgan fingerprint density at radius 1 is 1.88 bits per heavy atom. The van der Waals surface area contributed by atoms with Crippen LogP contribution in [0.3, 0.4) is 0 Å². The van der Waals surface area contributed by atoms with E-state index >= 15 is 0 Å². The maximum Gasteiger partial charge on any atom is 2.00 e. The van der Waals surface area contributed by atoms with E-state index in [0.717, 1.165) is 0 Å². The van der Waals surface area contributed by atoms with Gasteiger partial charge in [-0.05, 0) is 6.92 Å². The van der Waals surface area contributed by atoms with Crippen molar-refractivity contribution in [3.63, 3.8) is 0 Å². The van der Waals surface area contributed by atoms with Gasteiger partial charge in [-0.25, -0.2) is 0 Å². The summed E-state index contributed by atoms with van der Waals surface area (Å²) in [6.45, 7) is 1.42. The van der Waals surface area contributed by atoms with E-state index in [9.17, 15) is 4.79 Å². The van der Waals surface area contributed by atoms with Gasteiger partial charge in [0, 0.05) is 0 Å². The molecule has 0 amide bonds. The van der Waals surface area contributed by atoms with Gasteiger partial charge >= 0.3 is 43.7 Å². The Balaban J connectivity index is -0.0000000208. The van der Waals surface area contributed by atoms with Crippen molar-refractivity contribution in [2.75, 3.05) is 0 Å². The Labute approximate surface area is 87.0 Å². The van der Waals surface area contributed by atoms with E-state index in [1.165, 1.54) is 6.92 Å². The molecule has 0 spiro atoms. The summed E-state index contributed by atoms with van der Waals surface area (Å²) in [5.74, 6) is -0.963. The summed E-state index contributed by atoms with van der Waals surface area (Å²) in [6, 6.07) is -0.731. The maximum absolute atomic E-state index is 9.57. The fourth-order valence-electron chi connectivity index (χ4n) is 0. The molecule has 5 heteroatoms. The minimum Gasteiger partial charge on any atom is -1.00 e. The van der Waals surface area contributed by atoms with Crippen LogP contribution in [0.1, 0.15) is 9.78 Å².